The van der Waals surface area contributed by atoms with Gasteiger partial charge in [0.05, 0.1) is 17.8 Å². The minimum absolute atomic E-state index is 0.253. The molecule has 0 aliphatic carbocycles. The van der Waals surface area contributed by atoms with Gasteiger partial charge in [-0.1, -0.05) is 23.7 Å². The number of carbonyl (C=O) groups excluding carboxylic acids is 2. The van der Waals surface area contributed by atoms with Gasteiger partial charge in [-0.05, 0) is 46.3 Å². The molecule has 0 fully saturated rings. The maximum absolute atomic E-state index is 12.3. The van der Waals surface area contributed by atoms with E-state index in [2.05, 4.69) is 21.2 Å². The van der Waals surface area contributed by atoms with Crippen molar-refractivity contribution in [1.82, 2.24) is 0 Å². The van der Waals surface area contributed by atoms with Crippen molar-refractivity contribution in [2.45, 2.75) is 0 Å². The first kappa shape index (κ1) is 18.7. The van der Waals surface area contributed by atoms with Crippen LogP contribution in [0.1, 0.15) is 9.67 Å². The fraction of sp³-hybridized carbons (Fsp3) is 0.111. The number of ether oxygens (including phenoxy) is 2. The summed E-state index contributed by atoms with van der Waals surface area (Å²) in [6, 6.07) is 12.5. The van der Waals surface area contributed by atoms with Crippen molar-refractivity contribution < 1.29 is 19.1 Å². The quantitative estimate of drug-likeness (QED) is 0.543. The molecule has 2 aromatic carbocycles. The molecule has 0 radical (unpaired) electrons. The molecule has 3 aromatic rings. The Labute approximate surface area is 167 Å². The molecule has 3 rings (SSSR count). The molecule has 1 amide bonds. The third-order valence-electron chi connectivity index (χ3n) is 3.50. The minimum atomic E-state index is -0.641. The largest absolute Gasteiger partial charge is 0.497 e. The van der Waals surface area contributed by atoms with E-state index < -0.39 is 18.5 Å². The van der Waals surface area contributed by atoms with Gasteiger partial charge in [-0.15, -0.1) is 11.3 Å². The Balaban J connectivity index is 1.68. The van der Waals surface area contributed by atoms with E-state index in [1.165, 1.54) is 11.3 Å². The zero-order valence-electron chi connectivity index (χ0n) is 13.5. The van der Waals surface area contributed by atoms with Crippen molar-refractivity contribution in [3.8, 4) is 5.75 Å². The van der Waals surface area contributed by atoms with Gasteiger partial charge in [-0.2, -0.15) is 0 Å². The number of thiophene rings is 1. The zero-order chi connectivity index (χ0) is 18.7. The Hall–Kier alpha value is -2.09. The number of para-hydroxylation sites is 1. The van der Waals surface area contributed by atoms with Gasteiger partial charge in [0.15, 0.2) is 6.61 Å². The summed E-state index contributed by atoms with van der Waals surface area (Å²) >= 11 is 10.8. The van der Waals surface area contributed by atoms with Gasteiger partial charge >= 0.3 is 5.97 Å². The molecule has 8 heteroatoms. The average molecular weight is 455 g/mol. The van der Waals surface area contributed by atoms with E-state index in [1.54, 1.807) is 43.5 Å². The molecule has 5 nitrogen and oxygen atoms in total. The molecule has 0 aliphatic heterocycles. The van der Waals surface area contributed by atoms with Crippen molar-refractivity contribution >= 4 is 66.5 Å². The maximum atomic E-state index is 12.3. The van der Waals surface area contributed by atoms with Crippen molar-refractivity contribution in [2.75, 3.05) is 19.0 Å². The molecule has 0 atom stereocenters. The second kappa shape index (κ2) is 8.07. The molecule has 1 aromatic heterocycles. The first-order valence-electron chi connectivity index (χ1n) is 7.47. The van der Waals surface area contributed by atoms with E-state index in [-0.39, 0.29) is 4.88 Å². The highest BCUT2D eigenvalue weighted by Gasteiger charge is 2.20. The number of hydrogen-bond acceptors (Lipinski definition) is 5. The Morgan fingerprint density at radius 3 is 2.73 bits per heavy atom. The average Bonchev–Trinajstić information content (AvgIpc) is 2.97. The number of esters is 1. The van der Waals surface area contributed by atoms with E-state index >= 15 is 0 Å². The van der Waals surface area contributed by atoms with Gasteiger partial charge in [0.1, 0.15) is 10.6 Å². The van der Waals surface area contributed by atoms with E-state index in [0.29, 0.717) is 16.5 Å². The number of benzene rings is 2. The lowest BCUT2D eigenvalue weighted by Crippen LogP contribution is -2.20. The van der Waals surface area contributed by atoms with E-state index in [1.807, 2.05) is 6.07 Å². The summed E-state index contributed by atoms with van der Waals surface area (Å²) in [5.41, 5.74) is 0.598. The molecule has 0 unspecified atom stereocenters. The topological polar surface area (TPSA) is 64.6 Å². The van der Waals surface area contributed by atoms with Gasteiger partial charge < -0.3 is 14.8 Å². The molecular weight excluding hydrogens is 442 g/mol. The van der Waals surface area contributed by atoms with Crippen LogP contribution in [0.2, 0.25) is 5.02 Å². The number of halogens is 2. The van der Waals surface area contributed by atoms with Gasteiger partial charge in [0, 0.05) is 14.6 Å². The molecule has 1 heterocycles. The first-order chi connectivity index (χ1) is 12.5. The van der Waals surface area contributed by atoms with Crippen molar-refractivity contribution in [2.24, 2.45) is 0 Å². The predicted molar refractivity (Wildman–Crippen MR) is 106 cm³/mol. The molecule has 0 spiro atoms. The number of anilines is 1. The molecule has 1 N–H and O–H groups in total. The molecule has 0 saturated carbocycles. The van der Waals surface area contributed by atoms with Crippen LogP contribution in [0.4, 0.5) is 5.69 Å². The van der Waals surface area contributed by atoms with E-state index in [0.717, 1.165) is 14.6 Å². The Morgan fingerprint density at radius 2 is 2.00 bits per heavy atom. The smallest absolute Gasteiger partial charge is 0.350 e. The second-order valence-electron chi connectivity index (χ2n) is 5.21. The number of nitrogens with one attached hydrogen (secondary N) is 1. The monoisotopic (exact) mass is 453 g/mol. The number of fused-ring (bicyclic) bond motifs is 1. The van der Waals surface area contributed by atoms with Gasteiger partial charge in [-0.3, -0.25) is 4.79 Å². The van der Waals surface area contributed by atoms with Crippen LogP contribution in [0.3, 0.4) is 0 Å². The van der Waals surface area contributed by atoms with Gasteiger partial charge in [0.25, 0.3) is 5.91 Å². The highest BCUT2D eigenvalue weighted by molar-refractivity contribution is 9.10. The van der Waals surface area contributed by atoms with E-state index in [9.17, 15) is 9.59 Å². The van der Waals surface area contributed by atoms with Crippen molar-refractivity contribution in [3.05, 3.63) is 56.8 Å². The standard InChI is InChI=1S/C18H13BrClNO4S/c1-24-10-6-7-11-14(8-10)26-17(16(11)20)18(23)25-9-15(22)21-13-5-3-2-4-12(13)19/h2-8H,9H2,1H3,(H,21,22). The second-order valence-corrected chi connectivity index (χ2v) is 7.50. The number of methoxy groups -OCH3 is 1. The number of carbonyl (C=O) groups is 2. The summed E-state index contributed by atoms with van der Waals surface area (Å²) in [7, 11) is 1.56. The van der Waals surface area contributed by atoms with Crippen LogP contribution in [0.25, 0.3) is 10.1 Å². The van der Waals surface area contributed by atoms with Gasteiger partial charge in [-0.25, -0.2) is 4.79 Å². The lowest BCUT2D eigenvalue weighted by molar-refractivity contribution is -0.119. The van der Waals surface area contributed by atoms with Crippen molar-refractivity contribution in [1.29, 1.82) is 0 Å². The molecule has 0 aliphatic rings. The third-order valence-corrected chi connectivity index (χ3v) is 5.83. The lowest BCUT2D eigenvalue weighted by atomic mass is 10.2. The van der Waals surface area contributed by atoms with Crippen LogP contribution >= 0.6 is 38.9 Å². The van der Waals surface area contributed by atoms with Crippen LogP contribution in [0, 0.1) is 0 Å². The summed E-state index contributed by atoms with van der Waals surface area (Å²) < 4.78 is 11.8. The Kier molecular flexibility index (Phi) is 5.80. The Morgan fingerprint density at radius 1 is 1.23 bits per heavy atom. The third kappa shape index (κ3) is 4.00. The summed E-state index contributed by atoms with van der Waals surface area (Å²) in [5.74, 6) is -0.412. The number of rotatable bonds is 5. The lowest BCUT2D eigenvalue weighted by Gasteiger charge is -2.07. The minimum Gasteiger partial charge on any atom is -0.497 e. The van der Waals surface area contributed by atoms with Crippen LogP contribution in [-0.2, 0) is 9.53 Å². The molecule has 0 bridgehead atoms. The zero-order valence-corrected chi connectivity index (χ0v) is 16.7. The fourth-order valence-electron chi connectivity index (χ4n) is 2.25. The van der Waals surface area contributed by atoms with Gasteiger partial charge in [0.2, 0.25) is 0 Å². The summed E-state index contributed by atoms with van der Waals surface area (Å²) in [4.78, 5) is 24.5. The van der Waals surface area contributed by atoms with Crippen LogP contribution in [0.5, 0.6) is 5.75 Å². The SMILES string of the molecule is COc1ccc2c(Cl)c(C(=O)OCC(=O)Nc3ccccc3Br)sc2c1. The maximum Gasteiger partial charge on any atom is 0.350 e. The molecular formula is C18H13BrClNO4S. The van der Waals surface area contributed by atoms with E-state index in [4.69, 9.17) is 21.1 Å². The first-order valence-corrected chi connectivity index (χ1v) is 9.46. The normalized spacial score (nSPS) is 10.6. The van der Waals surface area contributed by atoms with Crippen LogP contribution in [0.15, 0.2) is 46.9 Å². The number of hydrogen-bond donors (Lipinski definition) is 1. The summed E-state index contributed by atoms with van der Waals surface area (Å²) in [6.07, 6.45) is 0. The van der Waals surface area contributed by atoms with Crippen LogP contribution < -0.4 is 10.1 Å². The summed E-state index contributed by atoms with van der Waals surface area (Å²) in [6.45, 7) is -0.409. The predicted octanol–water partition coefficient (Wildman–Crippen LogP) is 5.12. The highest BCUT2D eigenvalue weighted by Crippen LogP contribution is 2.37. The number of amides is 1. The van der Waals surface area contributed by atoms with Crippen molar-refractivity contribution in [3.63, 3.8) is 0 Å². The summed E-state index contributed by atoms with van der Waals surface area (Å²) in [5, 5.41) is 3.71. The molecule has 134 valence electrons. The molecule has 26 heavy (non-hydrogen) atoms. The highest BCUT2D eigenvalue weighted by atomic mass is 79.9. The Bertz CT molecular complexity index is 988. The van der Waals surface area contributed by atoms with Crippen LogP contribution in [-0.4, -0.2) is 25.6 Å². The fourth-order valence-corrected chi connectivity index (χ4v) is 4.06. The molecule has 0 saturated heterocycles.